The summed E-state index contributed by atoms with van der Waals surface area (Å²) in [7, 11) is 0. The van der Waals surface area contributed by atoms with Crippen molar-refractivity contribution >= 4 is 29.1 Å². The molecule has 2 unspecified atom stereocenters. The van der Waals surface area contributed by atoms with Crippen molar-refractivity contribution in [3.05, 3.63) is 22.4 Å². The van der Waals surface area contributed by atoms with E-state index in [0.717, 1.165) is 24.1 Å². The second-order valence-electron chi connectivity index (χ2n) is 8.97. The highest BCUT2D eigenvalue weighted by Gasteiger charge is 2.55. The number of amides is 2. The number of carbonyl (C=O) groups is 3. The van der Waals surface area contributed by atoms with E-state index in [1.165, 1.54) is 30.6 Å². The zero-order chi connectivity index (χ0) is 19.9. The maximum absolute atomic E-state index is 13.3. The minimum absolute atomic E-state index is 0.0397. The summed E-state index contributed by atoms with van der Waals surface area (Å²) in [4.78, 5) is 37.9. The highest BCUT2D eigenvalue weighted by molar-refractivity contribution is 7.10. The number of nitrogens with two attached hydrogens (primary N) is 1. The van der Waals surface area contributed by atoms with Crippen LogP contribution in [0.15, 0.2) is 17.5 Å². The van der Waals surface area contributed by atoms with Gasteiger partial charge in [-0.3, -0.25) is 9.59 Å². The van der Waals surface area contributed by atoms with Gasteiger partial charge in [-0.1, -0.05) is 6.07 Å². The highest BCUT2D eigenvalue weighted by atomic mass is 32.1. The number of Topliss-reactive ketones (excluding diaryl/α,β-unsaturated/α-hetero) is 1. The fraction of sp³-hybridized carbons (Fsp3) is 0.667. The molecule has 3 N–H and O–H groups in total. The van der Waals surface area contributed by atoms with E-state index in [-0.39, 0.29) is 17.6 Å². The third-order valence-electron chi connectivity index (χ3n) is 6.81. The van der Waals surface area contributed by atoms with Crippen LogP contribution in [0.25, 0.3) is 0 Å². The van der Waals surface area contributed by atoms with E-state index in [0.29, 0.717) is 17.8 Å². The standard InChI is InChI=1S/C21H28N2O4S/c1-12(19(25)21-9-13-5-14(10-21)7-15(6-13)11-21)27-18(24)8-16(23-20(22)26)17-3-2-4-28-17/h2-4,12-16H,5-11H2,1H3,(H3,22,23,26). The van der Waals surface area contributed by atoms with Gasteiger partial charge in [0.2, 0.25) is 0 Å². The quantitative estimate of drug-likeness (QED) is 0.679. The first-order valence-electron chi connectivity index (χ1n) is 10.2. The number of carbonyl (C=O) groups excluding carboxylic acids is 3. The molecule has 7 heteroatoms. The molecular weight excluding hydrogens is 376 g/mol. The number of primary amides is 1. The number of ether oxygens (including phenoxy) is 1. The van der Waals surface area contributed by atoms with Gasteiger partial charge in [-0.2, -0.15) is 0 Å². The van der Waals surface area contributed by atoms with E-state index < -0.39 is 24.1 Å². The van der Waals surface area contributed by atoms with Gasteiger partial charge < -0.3 is 15.8 Å². The van der Waals surface area contributed by atoms with Gasteiger partial charge in [-0.05, 0) is 74.6 Å². The first-order valence-corrected chi connectivity index (χ1v) is 11.1. The van der Waals surface area contributed by atoms with Gasteiger partial charge in [0, 0.05) is 10.3 Å². The van der Waals surface area contributed by atoms with E-state index in [1.54, 1.807) is 6.92 Å². The second-order valence-corrected chi connectivity index (χ2v) is 9.95. The van der Waals surface area contributed by atoms with Gasteiger partial charge in [0.15, 0.2) is 11.9 Å². The van der Waals surface area contributed by atoms with Crippen molar-refractivity contribution in [1.29, 1.82) is 0 Å². The molecule has 4 bridgehead atoms. The van der Waals surface area contributed by atoms with Crippen molar-refractivity contribution in [3.8, 4) is 0 Å². The number of rotatable bonds is 7. The molecule has 4 fully saturated rings. The van der Waals surface area contributed by atoms with Crippen molar-refractivity contribution in [2.24, 2.45) is 28.9 Å². The molecule has 6 nitrogen and oxygen atoms in total. The van der Waals surface area contributed by atoms with Crippen molar-refractivity contribution in [2.45, 2.75) is 64.0 Å². The summed E-state index contributed by atoms with van der Waals surface area (Å²) >= 11 is 1.43. The summed E-state index contributed by atoms with van der Waals surface area (Å²) in [5.74, 6) is 1.61. The molecule has 2 amide bonds. The molecule has 2 atom stereocenters. The summed E-state index contributed by atoms with van der Waals surface area (Å²) in [6, 6.07) is 2.46. The van der Waals surface area contributed by atoms with Crippen LogP contribution in [-0.2, 0) is 14.3 Å². The normalized spacial score (nSPS) is 32.5. The Hall–Kier alpha value is -1.89. The lowest BCUT2D eigenvalue weighted by molar-refractivity contribution is -0.165. The van der Waals surface area contributed by atoms with E-state index >= 15 is 0 Å². The molecule has 4 saturated carbocycles. The molecule has 5 rings (SSSR count). The maximum atomic E-state index is 13.3. The summed E-state index contributed by atoms with van der Waals surface area (Å²) in [6.07, 6.45) is 5.89. The minimum atomic E-state index is -0.749. The highest BCUT2D eigenvalue weighted by Crippen LogP contribution is 2.60. The molecule has 0 aromatic carbocycles. The third kappa shape index (κ3) is 3.81. The van der Waals surface area contributed by atoms with Gasteiger partial charge in [0.1, 0.15) is 0 Å². The molecule has 4 aliphatic rings. The van der Waals surface area contributed by atoms with E-state index in [1.807, 2.05) is 17.5 Å². The van der Waals surface area contributed by atoms with Crippen molar-refractivity contribution in [3.63, 3.8) is 0 Å². The Labute approximate surface area is 169 Å². The Morgan fingerprint density at radius 3 is 2.32 bits per heavy atom. The molecule has 0 aliphatic heterocycles. The Kier molecular flexibility index (Phi) is 5.21. The average Bonchev–Trinajstić information content (AvgIpc) is 3.13. The second kappa shape index (κ2) is 7.50. The fourth-order valence-electron chi connectivity index (χ4n) is 6.19. The van der Waals surface area contributed by atoms with E-state index in [2.05, 4.69) is 5.32 Å². The number of thiophene rings is 1. The molecule has 1 aromatic rings. The van der Waals surface area contributed by atoms with Crippen LogP contribution in [0.4, 0.5) is 4.79 Å². The number of urea groups is 1. The number of hydrogen-bond donors (Lipinski definition) is 2. The van der Waals surface area contributed by atoms with Gasteiger partial charge in [-0.15, -0.1) is 11.3 Å². The number of ketones is 1. The predicted molar refractivity (Wildman–Crippen MR) is 106 cm³/mol. The average molecular weight is 405 g/mol. The topological polar surface area (TPSA) is 98.5 Å². The Morgan fingerprint density at radius 1 is 1.21 bits per heavy atom. The summed E-state index contributed by atoms with van der Waals surface area (Å²) < 4.78 is 5.54. The summed E-state index contributed by atoms with van der Waals surface area (Å²) in [5.41, 5.74) is 4.96. The van der Waals surface area contributed by atoms with Gasteiger partial charge in [0.25, 0.3) is 0 Å². The summed E-state index contributed by atoms with van der Waals surface area (Å²) in [6.45, 7) is 1.69. The summed E-state index contributed by atoms with van der Waals surface area (Å²) in [5, 5.41) is 4.46. The third-order valence-corrected chi connectivity index (χ3v) is 7.80. The first-order chi connectivity index (χ1) is 13.3. The smallest absolute Gasteiger partial charge is 0.312 e. The molecule has 0 spiro atoms. The van der Waals surface area contributed by atoms with Crippen LogP contribution in [0, 0.1) is 23.2 Å². The SMILES string of the molecule is CC(OC(=O)CC(NC(N)=O)c1cccs1)C(=O)C12CC3CC(CC(C3)C1)C2. The number of esters is 1. The van der Waals surface area contributed by atoms with Crippen molar-refractivity contribution in [1.82, 2.24) is 5.32 Å². The molecule has 28 heavy (non-hydrogen) atoms. The van der Waals surface area contributed by atoms with Crippen molar-refractivity contribution in [2.75, 3.05) is 0 Å². The fourth-order valence-corrected chi connectivity index (χ4v) is 6.97. The lowest BCUT2D eigenvalue weighted by Gasteiger charge is -2.56. The van der Waals surface area contributed by atoms with Crippen LogP contribution in [-0.4, -0.2) is 23.9 Å². The Balaban J connectivity index is 1.38. The first kappa shape index (κ1) is 19.4. The molecule has 0 radical (unpaired) electrons. The van der Waals surface area contributed by atoms with Crippen LogP contribution in [0.5, 0.6) is 0 Å². The van der Waals surface area contributed by atoms with Gasteiger partial charge in [0.05, 0.1) is 12.5 Å². The van der Waals surface area contributed by atoms with Crippen LogP contribution in [0.3, 0.4) is 0 Å². The zero-order valence-electron chi connectivity index (χ0n) is 16.2. The Bertz CT molecular complexity index is 725. The molecular formula is C21H28N2O4S. The number of hydrogen-bond acceptors (Lipinski definition) is 5. The minimum Gasteiger partial charge on any atom is -0.455 e. The van der Waals surface area contributed by atoms with Gasteiger partial charge >= 0.3 is 12.0 Å². The maximum Gasteiger partial charge on any atom is 0.312 e. The van der Waals surface area contributed by atoms with E-state index in [4.69, 9.17) is 10.5 Å². The molecule has 4 aliphatic carbocycles. The molecule has 1 heterocycles. The largest absolute Gasteiger partial charge is 0.455 e. The van der Waals surface area contributed by atoms with Crippen LogP contribution >= 0.6 is 11.3 Å². The molecule has 152 valence electrons. The zero-order valence-corrected chi connectivity index (χ0v) is 17.0. The lowest BCUT2D eigenvalue weighted by atomic mass is 9.48. The molecule has 0 saturated heterocycles. The van der Waals surface area contributed by atoms with Gasteiger partial charge in [-0.25, -0.2) is 4.79 Å². The van der Waals surface area contributed by atoms with Crippen molar-refractivity contribution < 1.29 is 19.1 Å². The van der Waals surface area contributed by atoms with Crippen LogP contribution < -0.4 is 11.1 Å². The van der Waals surface area contributed by atoms with Crippen LogP contribution in [0.1, 0.15) is 62.8 Å². The predicted octanol–water partition coefficient (Wildman–Crippen LogP) is 3.56. The van der Waals surface area contributed by atoms with E-state index in [9.17, 15) is 14.4 Å². The number of nitrogens with one attached hydrogen (secondary N) is 1. The molecule has 1 aromatic heterocycles. The monoisotopic (exact) mass is 404 g/mol. The lowest BCUT2D eigenvalue weighted by Crippen LogP contribution is -2.52. The Morgan fingerprint density at radius 2 is 1.82 bits per heavy atom. The van der Waals surface area contributed by atoms with Crippen LogP contribution in [0.2, 0.25) is 0 Å².